The molecule has 0 bridgehead atoms. The summed E-state index contributed by atoms with van der Waals surface area (Å²) in [5.74, 6) is -1.54. The highest BCUT2D eigenvalue weighted by Crippen LogP contribution is 2.38. The Labute approximate surface area is 228 Å². The third-order valence-electron chi connectivity index (χ3n) is 6.69. The molecule has 0 saturated heterocycles. The van der Waals surface area contributed by atoms with Crippen LogP contribution in [0.1, 0.15) is 36.1 Å². The minimum atomic E-state index is -4.77. The molecule has 40 heavy (non-hydrogen) atoms. The quantitative estimate of drug-likeness (QED) is 0.280. The number of nitrogens with one attached hydrogen (secondary N) is 1. The van der Waals surface area contributed by atoms with E-state index in [1.54, 1.807) is 12.1 Å². The van der Waals surface area contributed by atoms with Crippen LogP contribution >= 0.6 is 0 Å². The number of ether oxygens (including phenoxy) is 1. The number of allylic oxidation sites excluding steroid dienone is 1. The highest BCUT2D eigenvalue weighted by atomic mass is 32.2. The molecule has 1 heterocycles. The maximum Gasteiger partial charge on any atom is 0.416 e. The molecule has 1 unspecified atom stereocenters. The number of benzene rings is 3. The van der Waals surface area contributed by atoms with Crippen LogP contribution in [-0.2, 0) is 27.4 Å². The van der Waals surface area contributed by atoms with Crippen LogP contribution in [0.2, 0.25) is 0 Å². The van der Waals surface area contributed by atoms with Crippen LogP contribution < -0.4 is 9.62 Å². The van der Waals surface area contributed by atoms with Crippen molar-refractivity contribution in [1.82, 2.24) is 5.32 Å². The number of rotatable bonds is 5. The molecule has 3 aromatic carbocycles. The number of fused-ring (bicyclic) bond motifs is 1. The van der Waals surface area contributed by atoms with Crippen LogP contribution in [0.5, 0.6) is 0 Å². The first-order valence-corrected chi connectivity index (χ1v) is 13.5. The number of anilines is 1. The molecule has 3 aromatic rings. The SMILES string of the molecule is COC(=O)NC1Cc2ccc(/C=C(\C)c3c(F)cccc3F)cc2N(S(=O)(=O)c2cccc(C(F)(F)F)c2)[C@@H]1C. The summed E-state index contributed by atoms with van der Waals surface area (Å²) < 4.78 is 102. The van der Waals surface area contributed by atoms with Gasteiger partial charge in [-0.2, -0.15) is 13.2 Å². The molecule has 0 spiro atoms. The second-order valence-corrected chi connectivity index (χ2v) is 11.1. The van der Waals surface area contributed by atoms with E-state index in [9.17, 15) is 35.2 Å². The van der Waals surface area contributed by atoms with Crippen molar-refractivity contribution in [1.29, 1.82) is 0 Å². The molecule has 6 nitrogen and oxygen atoms in total. The number of hydrogen-bond acceptors (Lipinski definition) is 4. The van der Waals surface area contributed by atoms with Gasteiger partial charge in [-0.15, -0.1) is 0 Å². The van der Waals surface area contributed by atoms with E-state index in [1.165, 1.54) is 32.1 Å². The van der Waals surface area contributed by atoms with Crippen molar-refractivity contribution >= 4 is 33.5 Å². The predicted molar refractivity (Wildman–Crippen MR) is 140 cm³/mol. The fourth-order valence-electron chi connectivity index (χ4n) is 4.71. The van der Waals surface area contributed by atoms with Crippen molar-refractivity contribution in [3.05, 3.63) is 94.6 Å². The maximum absolute atomic E-state index is 14.3. The standard InChI is InChI=1S/C28H25F5N2O4S/c1-16(26-22(29)8-5-9-23(26)30)12-18-10-11-19-14-24(34-27(36)39-3)17(2)35(25(19)13-18)40(37,38)21-7-4-6-20(15-21)28(31,32)33/h4-13,15,17,24H,14H2,1-3H3,(H,34,36)/b16-12+/t17-,24?/m1/s1. The molecule has 12 heteroatoms. The molecule has 0 fully saturated rings. The molecule has 2 atom stereocenters. The summed E-state index contributed by atoms with van der Waals surface area (Å²) in [4.78, 5) is 11.4. The summed E-state index contributed by atoms with van der Waals surface area (Å²) in [6.45, 7) is 3.01. The van der Waals surface area contributed by atoms with Crippen molar-refractivity contribution < 1.29 is 39.9 Å². The lowest BCUT2D eigenvalue weighted by Crippen LogP contribution is -2.56. The van der Waals surface area contributed by atoms with Crippen LogP contribution in [0.3, 0.4) is 0 Å². The smallest absolute Gasteiger partial charge is 0.416 e. The number of amides is 1. The Balaban J connectivity index is 1.86. The van der Waals surface area contributed by atoms with Crippen molar-refractivity contribution in [3.63, 3.8) is 0 Å². The molecule has 0 aliphatic carbocycles. The fraction of sp³-hybridized carbons (Fsp3) is 0.250. The summed E-state index contributed by atoms with van der Waals surface area (Å²) in [7, 11) is -3.45. The Kier molecular flexibility index (Phi) is 7.93. The lowest BCUT2D eigenvalue weighted by Gasteiger charge is -2.41. The number of halogens is 5. The van der Waals surface area contributed by atoms with Gasteiger partial charge in [0.05, 0.1) is 35.3 Å². The second kappa shape index (κ2) is 10.9. The van der Waals surface area contributed by atoms with Crippen LogP contribution in [0, 0.1) is 11.6 Å². The largest absolute Gasteiger partial charge is 0.453 e. The summed E-state index contributed by atoms with van der Waals surface area (Å²) >= 11 is 0. The average Bonchev–Trinajstić information content (AvgIpc) is 2.88. The summed E-state index contributed by atoms with van der Waals surface area (Å²) in [5, 5.41) is 2.59. The minimum absolute atomic E-state index is 0.156. The van der Waals surface area contributed by atoms with Gasteiger partial charge in [0.15, 0.2) is 0 Å². The normalized spacial score (nSPS) is 17.8. The molecular weight excluding hydrogens is 555 g/mol. The second-order valence-electron chi connectivity index (χ2n) is 9.33. The zero-order chi connectivity index (χ0) is 29.4. The molecule has 4 rings (SSSR count). The van der Waals surface area contributed by atoms with Crippen LogP contribution in [-0.4, -0.2) is 33.7 Å². The molecule has 1 N–H and O–H groups in total. The van der Waals surface area contributed by atoms with E-state index >= 15 is 0 Å². The molecule has 0 saturated carbocycles. The Bertz CT molecular complexity index is 1570. The molecule has 1 aliphatic rings. The van der Waals surface area contributed by atoms with E-state index in [2.05, 4.69) is 10.1 Å². The minimum Gasteiger partial charge on any atom is -0.453 e. The van der Waals surface area contributed by atoms with Gasteiger partial charge < -0.3 is 10.1 Å². The molecular formula is C28H25F5N2O4S. The van der Waals surface area contributed by atoms with Crippen LogP contribution in [0.15, 0.2) is 65.6 Å². The number of methoxy groups -OCH3 is 1. The number of nitrogens with zero attached hydrogens (tertiary/aromatic N) is 1. The van der Waals surface area contributed by atoms with Gasteiger partial charge in [-0.1, -0.05) is 30.3 Å². The van der Waals surface area contributed by atoms with Gasteiger partial charge in [0, 0.05) is 5.56 Å². The van der Waals surface area contributed by atoms with Crippen molar-refractivity contribution in [2.75, 3.05) is 11.4 Å². The number of sulfonamides is 1. The first-order chi connectivity index (χ1) is 18.7. The molecule has 0 aromatic heterocycles. The van der Waals surface area contributed by atoms with Gasteiger partial charge in [-0.3, -0.25) is 4.31 Å². The van der Waals surface area contributed by atoms with Crippen LogP contribution in [0.25, 0.3) is 11.6 Å². The van der Waals surface area contributed by atoms with Gasteiger partial charge in [0.25, 0.3) is 10.0 Å². The zero-order valence-corrected chi connectivity index (χ0v) is 22.4. The summed E-state index contributed by atoms with van der Waals surface area (Å²) in [6, 6.07) is 9.79. The van der Waals surface area contributed by atoms with E-state index in [4.69, 9.17) is 0 Å². The summed E-state index contributed by atoms with van der Waals surface area (Å²) in [6.07, 6.45) is -3.92. The van der Waals surface area contributed by atoms with Crippen LogP contribution in [0.4, 0.5) is 32.4 Å². The fourth-order valence-corrected chi connectivity index (χ4v) is 6.48. The van der Waals surface area contributed by atoms with E-state index in [1.807, 2.05) is 0 Å². The van der Waals surface area contributed by atoms with Gasteiger partial charge in [-0.25, -0.2) is 22.0 Å². The van der Waals surface area contributed by atoms with Crippen molar-refractivity contribution in [2.24, 2.45) is 0 Å². The number of carbonyl (C=O) groups excluding carboxylic acids is 1. The third kappa shape index (κ3) is 5.67. The first kappa shape index (κ1) is 29.1. The first-order valence-electron chi connectivity index (χ1n) is 12.1. The number of carbonyl (C=O) groups is 1. The Morgan fingerprint density at radius 1 is 1.05 bits per heavy atom. The lowest BCUT2D eigenvalue weighted by atomic mass is 9.92. The third-order valence-corrected chi connectivity index (χ3v) is 8.58. The molecule has 212 valence electrons. The molecule has 1 amide bonds. The monoisotopic (exact) mass is 580 g/mol. The van der Waals surface area contributed by atoms with E-state index in [0.717, 1.165) is 41.7 Å². The van der Waals surface area contributed by atoms with Gasteiger partial charge >= 0.3 is 12.3 Å². The highest BCUT2D eigenvalue weighted by Gasteiger charge is 2.41. The number of alkyl carbamates (subject to hydrolysis) is 1. The molecule has 1 aliphatic heterocycles. The predicted octanol–water partition coefficient (Wildman–Crippen LogP) is 6.41. The Morgan fingerprint density at radius 3 is 2.33 bits per heavy atom. The van der Waals surface area contributed by atoms with Gasteiger partial charge in [0.2, 0.25) is 0 Å². The Hall–Kier alpha value is -3.93. The van der Waals surface area contributed by atoms with Crippen molar-refractivity contribution in [3.8, 4) is 0 Å². The Morgan fingerprint density at radius 2 is 1.70 bits per heavy atom. The average molecular weight is 581 g/mol. The molecule has 0 radical (unpaired) electrons. The lowest BCUT2D eigenvalue weighted by molar-refractivity contribution is -0.137. The number of alkyl halides is 3. The van der Waals surface area contributed by atoms with Gasteiger partial charge in [0.1, 0.15) is 11.6 Å². The topological polar surface area (TPSA) is 75.7 Å². The number of hydrogen-bond donors (Lipinski definition) is 1. The van der Waals surface area contributed by atoms with Gasteiger partial charge in [-0.05, 0) is 73.4 Å². The maximum atomic E-state index is 14.3. The van der Waals surface area contributed by atoms with E-state index < -0.39 is 56.5 Å². The highest BCUT2D eigenvalue weighted by molar-refractivity contribution is 7.92. The van der Waals surface area contributed by atoms with Crippen molar-refractivity contribution in [2.45, 2.75) is 43.4 Å². The zero-order valence-electron chi connectivity index (χ0n) is 21.6. The van der Waals surface area contributed by atoms with E-state index in [0.29, 0.717) is 17.2 Å². The van der Waals surface area contributed by atoms with E-state index in [-0.39, 0.29) is 23.2 Å². The summed E-state index contributed by atoms with van der Waals surface area (Å²) in [5.41, 5.74) is -0.122.